The highest BCUT2D eigenvalue weighted by molar-refractivity contribution is 5.18. The maximum Gasteiger partial charge on any atom is 0.130 e. The summed E-state index contributed by atoms with van der Waals surface area (Å²) < 4.78 is 26.3. The summed E-state index contributed by atoms with van der Waals surface area (Å²) in [4.78, 5) is 2.08. The molecule has 1 aliphatic heterocycles. The minimum atomic E-state index is -0.521. The van der Waals surface area contributed by atoms with Crippen molar-refractivity contribution in [2.24, 2.45) is 0 Å². The Bertz CT molecular complexity index is 389. The Balaban J connectivity index is 1.87. The van der Waals surface area contributed by atoms with Crippen molar-refractivity contribution in [1.29, 1.82) is 0 Å². The average molecular weight is 254 g/mol. The third-order valence-electron chi connectivity index (χ3n) is 3.40. The van der Waals surface area contributed by atoms with Crippen molar-refractivity contribution in [3.05, 3.63) is 35.4 Å². The number of hydrogen-bond donors (Lipinski definition) is 1. The number of likely N-dealkylation sites (N-methyl/N-ethyl adjacent to an activating group) is 1. The average Bonchev–Trinajstić information content (AvgIpc) is 2.34. The van der Waals surface area contributed by atoms with Gasteiger partial charge < -0.3 is 10.2 Å². The number of piperidine rings is 1. The number of hydrogen-bond acceptors (Lipinski definition) is 2. The van der Waals surface area contributed by atoms with E-state index in [1.165, 1.54) is 31.4 Å². The van der Waals surface area contributed by atoms with Crippen LogP contribution in [0.5, 0.6) is 0 Å². The lowest BCUT2D eigenvalue weighted by molar-refractivity contribution is 0.254. The van der Waals surface area contributed by atoms with E-state index in [-0.39, 0.29) is 0 Å². The fourth-order valence-electron chi connectivity index (χ4n) is 2.46. The van der Waals surface area contributed by atoms with E-state index in [4.69, 9.17) is 0 Å². The van der Waals surface area contributed by atoms with Crippen molar-refractivity contribution < 1.29 is 8.78 Å². The molecule has 18 heavy (non-hydrogen) atoms. The normalized spacial score (nSPS) is 20.3. The lowest BCUT2D eigenvalue weighted by atomic mass is 10.0. The van der Waals surface area contributed by atoms with Gasteiger partial charge in [-0.2, -0.15) is 0 Å². The van der Waals surface area contributed by atoms with Crippen LogP contribution in [0.25, 0.3) is 0 Å². The summed E-state index contributed by atoms with van der Waals surface area (Å²) in [6.45, 7) is 2.49. The molecule has 0 aromatic heterocycles. The first-order valence-corrected chi connectivity index (χ1v) is 6.51. The molecule has 1 N–H and O–H groups in total. The molecule has 1 aliphatic rings. The molecule has 100 valence electrons. The van der Waals surface area contributed by atoms with Crippen LogP contribution in [-0.4, -0.2) is 31.1 Å². The zero-order chi connectivity index (χ0) is 13.0. The molecule has 0 saturated carbocycles. The summed E-state index contributed by atoms with van der Waals surface area (Å²) in [7, 11) is 1.97. The Morgan fingerprint density at radius 1 is 1.33 bits per heavy atom. The molecule has 1 aromatic carbocycles. The van der Waals surface area contributed by atoms with Crippen LogP contribution in [0, 0.1) is 11.6 Å². The highest BCUT2D eigenvalue weighted by Gasteiger charge is 2.15. The molecule has 1 aromatic rings. The summed E-state index contributed by atoms with van der Waals surface area (Å²) in [5.74, 6) is -0.980. The van der Waals surface area contributed by atoms with E-state index in [1.54, 1.807) is 0 Å². The van der Waals surface area contributed by atoms with Crippen LogP contribution in [0.2, 0.25) is 0 Å². The topological polar surface area (TPSA) is 15.3 Å². The molecule has 1 saturated heterocycles. The van der Waals surface area contributed by atoms with Crippen molar-refractivity contribution in [3.63, 3.8) is 0 Å². The largest absolute Gasteiger partial charge is 0.313 e. The van der Waals surface area contributed by atoms with Gasteiger partial charge in [0, 0.05) is 30.8 Å². The second kappa shape index (κ2) is 6.25. The number of halogens is 2. The number of benzene rings is 1. The summed E-state index contributed by atoms with van der Waals surface area (Å²) in [6.07, 6.45) is 3.68. The summed E-state index contributed by atoms with van der Waals surface area (Å²) in [5.41, 5.74) is 0.551. The van der Waals surface area contributed by atoms with Gasteiger partial charge in [0.15, 0.2) is 0 Å². The minimum Gasteiger partial charge on any atom is -0.313 e. The first kappa shape index (κ1) is 13.4. The quantitative estimate of drug-likeness (QED) is 0.888. The zero-order valence-electron chi connectivity index (χ0n) is 10.8. The first-order valence-electron chi connectivity index (χ1n) is 6.51. The summed E-state index contributed by atoms with van der Waals surface area (Å²) in [5, 5.41) is 3.46. The third kappa shape index (κ3) is 3.75. The van der Waals surface area contributed by atoms with Crippen molar-refractivity contribution in [3.8, 4) is 0 Å². The fraction of sp³-hybridized carbons (Fsp3) is 0.571. The Morgan fingerprint density at radius 3 is 2.83 bits per heavy atom. The molecule has 2 rings (SSSR count). The van der Waals surface area contributed by atoms with E-state index in [9.17, 15) is 8.78 Å². The van der Waals surface area contributed by atoms with Gasteiger partial charge in [-0.05, 0) is 32.5 Å². The van der Waals surface area contributed by atoms with E-state index in [2.05, 4.69) is 10.2 Å². The molecule has 4 heteroatoms. The molecule has 1 heterocycles. The predicted octanol–water partition coefficient (Wildman–Crippen LogP) is 2.54. The SMILES string of the molecule is CN(Cc1ccc(F)cc1F)CC1CCCCN1. The summed E-state index contributed by atoms with van der Waals surface area (Å²) >= 11 is 0. The Morgan fingerprint density at radius 2 is 2.17 bits per heavy atom. The molecular weight excluding hydrogens is 234 g/mol. The lowest BCUT2D eigenvalue weighted by Gasteiger charge is -2.28. The second-order valence-electron chi connectivity index (χ2n) is 5.08. The monoisotopic (exact) mass is 254 g/mol. The highest BCUT2D eigenvalue weighted by atomic mass is 19.1. The number of nitrogens with zero attached hydrogens (tertiary/aromatic N) is 1. The Hall–Kier alpha value is -1.00. The van der Waals surface area contributed by atoms with Gasteiger partial charge in [0.05, 0.1) is 0 Å². The van der Waals surface area contributed by atoms with Crippen molar-refractivity contribution >= 4 is 0 Å². The first-order chi connectivity index (χ1) is 8.65. The maximum atomic E-state index is 13.5. The van der Waals surface area contributed by atoms with Gasteiger partial charge in [0.25, 0.3) is 0 Å². The Kier molecular flexibility index (Phi) is 4.66. The van der Waals surface area contributed by atoms with Crippen LogP contribution in [0.15, 0.2) is 18.2 Å². The smallest absolute Gasteiger partial charge is 0.130 e. The number of rotatable bonds is 4. The van der Waals surface area contributed by atoms with Crippen LogP contribution in [0.4, 0.5) is 8.78 Å². The van der Waals surface area contributed by atoms with Gasteiger partial charge in [-0.3, -0.25) is 0 Å². The molecule has 1 unspecified atom stereocenters. The molecule has 0 amide bonds. The highest BCUT2D eigenvalue weighted by Crippen LogP contribution is 2.13. The fourth-order valence-corrected chi connectivity index (χ4v) is 2.46. The van der Waals surface area contributed by atoms with E-state index in [1.807, 2.05) is 7.05 Å². The van der Waals surface area contributed by atoms with Crippen LogP contribution in [-0.2, 0) is 6.54 Å². The molecule has 0 radical (unpaired) electrons. The van der Waals surface area contributed by atoms with E-state index in [0.29, 0.717) is 18.2 Å². The van der Waals surface area contributed by atoms with E-state index < -0.39 is 11.6 Å². The van der Waals surface area contributed by atoms with Crippen LogP contribution >= 0.6 is 0 Å². The van der Waals surface area contributed by atoms with E-state index in [0.717, 1.165) is 19.2 Å². The molecular formula is C14H20F2N2. The third-order valence-corrected chi connectivity index (χ3v) is 3.40. The van der Waals surface area contributed by atoms with Crippen LogP contribution < -0.4 is 5.32 Å². The van der Waals surface area contributed by atoms with Crippen LogP contribution in [0.3, 0.4) is 0 Å². The van der Waals surface area contributed by atoms with Gasteiger partial charge in [-0.25, -0.2) is 8.78 Å². The maximum absolute atomic E-state index is 13.5. The van der Waals surface area contributed by atoms with Crippen molar-refractivity contribution in [2.75, 3.05) is 20.1 Å². The van der Waals surface area contributed by atoms with E-state index >= 15 is 0 Å². The molecule has 0 spiro atoms. The van der Waals surface area contributed by atoms with Crippen molar-refractivity contribution in [1.82, 2.24) is 10.2 Å². The Labute approximate surface area is 107 Å². The number of nitrogens with one attached hydrogen (secondary N) is 1. The molecule has 2 nitrogen and oxygen atoms in total. The standard InChI is InChI=1S/C14H20F2N2/c1-18(10-13-4-2-3-7-17-13)9-11-5-6-12(15)8-14(11)16/h5-6,8,13,17H,2-4,7,9-10H2,1H3. The van der Waals surface area contributed by atoms with Crippen molar-refractivity contribution in [2.45, 2.75) is 31.8 Å². The molecule has 1 fully saturated rings. The van der Waals surface area contributed by atoms with Gasteiger partial charge in [-0.1, -0.05) is 12.5 Å². The van der Waals surface area contributed by atoms with Gasteiger partial charge >= 0.3 is 0 Å². The lowest BCUT2D eigenvalue weighted by Crippen LogP contribution is -2.42. The summed E-state index contributed by atoms with van der Waals surface area (Å²) in [6, 6.07) is 4.27. The van der Waals surface area contributed by atoms with Crippen LogP contribution in [0.1, 0.15) is 24.8 Å². The molecule has 0 aliphatic carbocycles. The zero-order valence-corrected chi connectivity index (χ0v) is 10.8. The molecule has 1 atom stereocenters. The molecule has 0 bridgehead atoms. The van der Waals surface area contributed by atoms with Gasteiger partial charge in [0.2, 0.25) is 0 Å². The minimum absolute atomic E-state index is 0.460. The van der Waals surface area contributed by atoms with Gasteiger partial charge in [0.1, 0.15) is 11.6 Å². The van der Waals surface area contributed by atoms with Gasteiger partial charge in [-0.15, -0.1) is 0 Å². The predicted molar refractivity (Wildman–Crippen MR) is 68.3 cm³/mol. The second-order valence-corrected chi connectivity index (χ2v) is 5.08.